The second-order valence-electron chi connectivity index (χ2n) is 3.78. The molecule has 1 N–H and O–H groups in total. The molecule has 0 saturated heterocycles. The summed E-state index contributed by atoms with van der Waals surface area (Å²) < 4.78 is 11.5. The highest BCUT2D eigenvalue weighted by Gasteiger charge is 2.07. The van der Waals surface area contributed by atoms with Crippen LogP contribution in [0.25, 0.3) is 0 Å². The van der Waals surface area contributed by atoms with Gasteiger partial charge in [0.2, 0.25) is 0 Å². The van der Waals surface area contributed by atoms with Crippen molar-refractivity contribution in [3.8, 4) is 5.75 Å². The zero-order valence-corrected chi connectivity index (χ0v) is 11.2. The molecule has 1 aromatic carbocycles. The average molecular weight is 311 g/mol. The van der Waals surface area contributed by atoms with Gasteiger partial charge in [-0.1, -0.05) is 0 Å². The highest BCUT2D eigenvalue weighted by Crippen LogP contribution is 2.21. The van der Waals surface area contributed by atoms with Crippen LogP contribution in [0.3, 0.4) is 0 Å². The molecular weight excluding hydrogens is 300 g/mol. The molecule has 0 aliphatic rings. The molecule has 0 unspecified atom stereocenters. The van der Waals surface area contributed by atoms with Gasteiger partial charge in [0.1, 0.15) is 18.1 Å². The third kappa shape index (κ3) is 2.92. The van der Waals surface area contributed by atoms with Crippen LogP contribution < -0.4 is 4.74 Å². The maximum Gasteiger partial charge on any atom is 0.335 e. The van der Waals surface area contributed by atoms with Crippen molar-refractivity contribution in [2.75, 3.05) is 0 Å². The van der Waals surface area contributed by atoms with E-state index in [1.165, 1.54) is 6.07 Å². The van der Waals surface area contributed by atoms with E-state index in [-0.39, 0.29) is 5.56 Å². The number of benzene rings is 1. The van der Waals surface area contributed by atoms with Crippen LogP contribution in [0.1, 0.15) is 21.7 Å². The Morgan fingerprint density at radius 3 is 2.72 bits per heavy atom. The minimum Gasteiger partial charge on any atom is -0.485 e. The quantitative estimate of drug-likeness (QED) is 0.936. The number of halogens is 1. The summed E-state index contributed by atoms with van der Waals surface area (Å²) in [5, 5.41) is 8.85. The summed E-state index contributed by atoms with van der Waals surface area (Å²) in [6.45, 7) is 2.11. The van der Waals surface area contributed by atoms with E-state index in [4.69, 9.17) is 14.3 Å². The highest BCUT2D eigenvalue weighted by atomic mass is 79.9. The fraction of sp³-hybridized carbons (Fsp3) is 0.154. The molecule has 2 rings (SSSR count). The van der Waals surface area contributed by atoms with E-state index in [0.717, 1.165) is 5.56 Å². The first-order valence-electron chi connectivity index (χ1n) is 5.27. The van der Waals surface area contributed by atoms with Crippen LogP contribution in [0.15, 0.2) is 39.4 Å². The Labute approximate surface area is 112 Å². The van der Waals surface area contributed by atoms with Crippen molar-refractivity contribution in [1.29, 1.82) is 0 Å². The van der Waals surface area contributed by atoms with Gasteiger partial charge < -0.3 is 14.3 Å². The van der Waals surface area contributed by atoms with Crippen LogP contribution >= 0.6 is 15.9 Å². The molecule has 1 heterocycles. The number of aryl methyl sites for hydroxylation is 1. The Morgan fingerprint density at radius 2 is 2.17 bits per heavy atom. The number of carboxylic acids is 1. The lowest BCUT2D eigenvalue weighted by Gasteiger charge is -2.08. The monoisotopic (exact) mass is 310 g/mol. The SMILES string of the molecule is Cc1cc(C(=O)O)ccc1OCc1ccc(Br)o1. The van der Waals surface area contributed by atoms with Gasteiger partial charge in [0, 0.05) is 0 Å². The van der Waals surface area contributed by atoms with E-state index < -0.39 is 5.97 Å². The lowest BCUT2D eigenvalue weighted by molar-refractivity contribution is 0.0696. The van der Waals surface area contributed by atoms with Gasteiger partial charge in [-0.2, -0.15) is 0 Å². The van der Waals surface area contributed by atoms with E-state index in [1.807, 2.05) is 6.07 Å². The fourth-order valence-electron chi connectivity index (χ4n) is 1.52. The van der Waals surface area contributed by atoms with Crippen molar-refractivity contribution >= 4 is 21.9 Å². The molecule has 94 valence electrons. The van der Waals surface area contributed by atoms with Gasteiger partial charge in [-0.05, 0) is 58.7 Å². The van der Waals surface area contributed by atoms with Crippen LogP contribution in [0, 0.1) is 6.92 Å². The van der Waals surface area contributed by atoms with Crippen LogP contribution in [-0.2, 0) is 6.61 Å². The molecule has 0 aliphatic carbocycles. The maximum atomic E-state index is 10.8. The van der Waals surface area contributed by atoms with Gasteiger partial charge in [0.15, 0.2) is 4.67 Å². The van der Waals surface area contributed by atoms with Crippen molar-refractivity contribution in [2.24, 2.45) is 0 Å². The Balaban J connectivity index is 2.08. The van der Waals surface area contributed by atoms with Gasteiger partial charge in [0.05, 0.1) is 5.56 Å². The predicted molar refractivity (Wildman–Crippen MR) is 68.9 cm³/mol. The molecule has 0 aliphatic heterocycles. The first-order valence-corrected chi connectivity index (χ1v) is 6.06. The van der Waals surface area contributed by atoms with E-state index in [0.29, 0.717) is 22.8 Å². The predicted octanol–water partition coefficient (Wildman–Crippen LogP) is 3.63. The molecular formula is C13H11BrO4. The molecule has 5 heteroatoms. The molecule has 18 heavy (non-hydrogen) atoms. The first-order chi connectivity index (χ1) is 8.56. The minimum atomic E-state index is -0.945. The van der Waals surface area contributed by atoms with Crippen LogP contribution in [0.2, 0.25) is 0 Å². The Morgan fingerprint density at radius 1 is 1.39 bits per heavy atom. The molecule has 2 aromatic rings. The number of ether oxygens (including phenoxy) is 1. The van der Waals surface area contributed by atoms with Gasteiger partial charge in [-0.3, -0.25) is 0 Å². The highest BCUT2D eigenvalue weighted by molar-refractivity contribution is 9.10. The van der Waals surface area contributed by atoms with E-state index in [1.54, 1.807) is 25.1 Å². The summed E-state index contributed by atoms with van der Waals surface area (Å²) in [5.74, 6) is 0.399. The summed E-state index contributed by atoms with van der Waals surface area (Å²) in [5.41, 5.74) is 1.03. The first kappa shape index (κ1) is 12.7. The molecule has 1 aromatic heterocycles. The van der Waals surface area contributed by atoms with Crippen LogP contribution in [0.5, 0.6) is 5.75 Å². The Bertz CT molecular complexity index is 574. The summed E-state index contributed by atoms with van der Waals surface area (Å²) in [4.78, 5) is 10.8. The molecule has 0 spiro atoms. The summed E-state index contributed by atoms with van der Waals surface area (Å²) in [6.07, 6.45) is 0. The lowest BCUT2D eigenvalue weighted by Crippen LogP contribution is -1.99. The topological polar surface area (TPSA) is 59.7 Å². The summed E-state index contributed by atoms with van der Waals surface area (Å²) in [6, 6.07) is 8.35. The van der Waals surface area contributed by atoms with Crippen molar-refractivity contribution in [3.05, 3.63) is 51.9 Å². The Kier molecular flexibility index (Phi) is 3.72. The van der Waals surface area contributed by atoms with E-state index >= 15 is 0 Å². The molecule has 0 atom stereocenters. The minimum absolute atomic E-state index is 0.251. The Hall–Kier alpha value is -1.75. The molecule has 0 bridgehead atoms. The molecule has 0 saturated carbocycles. The van der Waals surface area contributed by atoms with Gasteiger partial charge in [-0.25, -0.2) is 4.79 Å². The van der Waals surface area contributed by atoms with Crippen LogP contribution in [0.4, 0.5) is 0 Å². The summed E-state index contributed by atoms with van der Waals surface area (Å²) >= 11 is 3.21. The van der Waals surface area contributed by atoms with Gasteiger partial charge in [0.25, 0.3) is 0 Å². The normalized spacial score (nSPS) is 10.3. The third-order valence-electron chi connectivity index (χ3n) is 2.42. The van der Waals surface area contributed by atoms with Crippen LogP contribution in [-0.4, -0.2) is 11.1 Å². The zero-order valence-electron chi connectivity index (χ0n) is 9.64. The van der Waals surface area contributed by atoms with Crippen molar-refractivity contribution < 1.29 is 19.1 Å². The molecule has 0 radical (unpaired) electrons. The van der Waals surface area contributed by atoms with E-state index in [9.17, 15) is 4.79 Å². The lowest BCUT2D eigenvalue weighted by atomic mass is 10.1. The number of furan rings is 1. The number of hydrogen-bond donors (Lipinski definition) is 1. The fourth-order valence-corrected chi connectivity index (χ4v) is 1.86. The third-order valence-corrected chi connectivity index (χ3v) is 2.85. The van der Waals surface area contributed by atoms with Crippen molar-refractivity contribution in [3.63, 3.8) is 0 Å². The largest absolute Gasteiger partial charge is 0.485 e. The number of aromatic carboxylic acids is 1. The zero-order chi connectivity index (χ0) is 13.1. The van der Waals surface area contributed by atoms with Gasteiger partial charge in [-0.15, -0.1) is 0 Å². The number of carboxylic acid groups (broad SMARTS) is 1. The summed E-state index contributed by atoms with van der Waals surface area (Å²) in [7, 11) is 0. The number of rotatable bonds is 4. The number of carbonyl (C=O) groups is 1. The van der Waals surface area contributed by atoms with Gasteiger partial charge >= 0.3 is 5.97 Å². The van der Waals surface area contributed by atoms with Crippen molar-refractivity contribution in [2.45, 2.75) is 13.5 Å². The smallest absolute Gasteiger partial charge is 0.335 e. The second-order valence-corrected chi connectivity index (χ2v) is 4.56. The maximum absolute atomic E-state index is 10.8. The average Bonchev–Trinajstić information content (AvgIpc) is 2.73. The molecule has 4 nitrogen and oxygen atoms in total. The standard InChI is InChI=1S/C13H11BrO4/c1-8-6-9(13(15)16)2-4-11(8)17-7-10-3-5-12(14)18-10/h2-6H,7H2,1H3,(H,15,16). The molecule has 0 amide bonds. The molecule has 0 fully saturated rings. The van der Waals surface area contributed by atoms with E-state index in [2.05, 4.69) is 15.9 Å². The number of hydrogen-bond acceptors (Lipinski definition) is 3. The van der Waals surface area contributed by atoms with Crippen molar-refractivity contribution in [1.82, 2.24) is 0 Å². The second kappa shape index (κ2) is 5.27.